The molecule has 80 valence electrons. The molecule has 0 aromatic carbocycles. The Morgan fingerprint density at radius 1 is 0.462 bits per heavy atom. The summed E-state index contributed by atoms with van der Waals surface area (Å²) >= 11 is 0. The maximum absolute atomic E-state index is 3.48. The van der Waals surface area contributed by atoms with Gasteiger partial charge in [0.15, 0.2) is 16.8 Å². The van der Waals surface area contributed by atoms with Crippen LogP contribution >= 0.6 is 0 Å². The summed E-state index contributed by atoms with van der Waals surface area (Å²) in [6, 6.07) is 0. The highest BCUT2D eigenvalue weighted by Gasteiger charge is 2.45. The molecule has 0 rings (SSSR count). The molecule has 0 aliphatic heterocycles. The number of rotatable bonds is 0. The van der Waals surface area contributed by atoms with Crippen molar-refractivity contribution in [1.29, 1.82) is 0 Å². The van der Waals surface area contributed by atoms with E-state index in [0.29, 0.717) is 0 Å². The van der Waals surface area contributed by atoms with Crippen LogP contribution in [-0.4, -0.2) is 16.8 Å². The van der Waals surface area contributed by atoms with Crippen LogP contribution in [0.2, 0.25) is 0 Å². The number of hydrogen-bond acceptors (Lipinski definition) is 0. The summed E-state index contributed by atoms with van der Waals surface area (Å²) in [7, 11) is 0. The molecule has 0 bridgehead atoms. The standard InChI is InChI=1S/C12H27O/c1-10(2,3)13(11(4,5)6)12(7,8)9/h1-9H3/q+1. The van der Waals surface area contributed by atoms with E-state index in [-0.39, 0.29) is 16.8 Å². The lowest BCUT2D eigenvalue weighted by molar-refractivity contribution is -0.370. The Kier molecular flexibility index (Phi) is 3.26. The van der Waals surface area contributed by atoms with Gasteiger partial charge in [-0.05, 0) is 0 Å². The van der Waals surface area contributed by atoms with E-state index < -0.39 is 0 Å². The van der Waals surface area contributed by atoms with Gasteiger partial charge in [0.2, 0.25) is 0 Å². The third kappa shape index (κ3) is 3.68. The zero-order chi connectivity index (χ0) is 11.1. The van der Waals surface area contributed by atoms with Crippen molar-refractivity contribution in [3.8, 4) is 0 Å². The summed E-state index contributed by atoms with van der Waals surface area (Å²) in [6.07, 6.45) is 0. The van der Waals surface area contributed by atoms with Gasteiger partial charge < -0.3 is 4.37 Å². The third-order valence-corrected chi connectivity index (χ3v) is 1.84. The van der Waals surface area contributed by atoms with Gasteiger partial charge in [0.1, 0.15) is 0 Å². The first-order valence-corrected chi connectivity index (χ1v) is 5.11. The van der Waals surface area contributed by atoms with Crippen LogP contribution in [0, 0.1) is 0 Å². The average Bonchev–Trinajstić information content (AvgIpc) is 1.44. The van der Waals surface area contributed by atoms with Gasteiger partial charge in [0.25, 0.3) is 0 Å². The van der Waals surface area contributed by atoms with E-state index in [0.717, 1.165) is 0 Å². The molecule has 0 aromatic rings. The van der Waals surface area contributed by atoms with Crippen molar-refractivity contribution in [3.63, 3.8) is 0 Å². The molecule has 0 N–H and O–H groups in total. The predicted octanol–water partition coefficient (Wildman–Crippen LogP) is 3.93. The molecule has 0 saturated carbocycles. The Labute approximate surface area is 84.2 Å². The van der Waals surface area contributed by atoms with Gasteiger partial charge in [-0.2, -0.15) is 0 Å². The highest BCUT2D eigenvalue weighted by Crippen LogP contribution is 2.38. The van der Waals surface area contributed by atoms with Crippen LogP contribution < -0.4 is 0 Å². The van der Waals surface area contributed by atoms with E-state index in [2.05, 4.69) is 66.7 Å². The highest BCUT2D eigenvalue weighted by atomic mass is 16.7. The van der Waals surface area contributed by atoms with Crippen LogP contribution in [0.3, 0.4) is 0 Å². The predicted molar refractivity (Wildman–Crippen MR) is 60.3 cm³/mol. The zero-order valence-corrected chi connectivity index (χ0v) is 10.9. The molecule has 1 heteroatoms. The van der Waals surface area contributed by atoms with Crippen molar-refractivity contribution in [3.05, 3.63) is 0 Å². The average molecular weight is 187 g/mol. The monoisotopic (exact) mass is 187 g/mol. The molecular weight excluding hydrogens is 160 g/mol. The molecule has 0 fully saturated rings. The van der Waals surface area contributed by atoms with Crippen molar-refractivity contribution in [1.82, 2.24) is 0 Å². The lowest BCUT2D eigenvalue weighted by Crippen LogP contribution is -2.54. The molecule has 13 heavy (non-hydrogen) atoms. The minimum atomic E-state index is 0.135. The van der Waals surface area contributed by atoms with E-state index in [1.54, 1.807) is 0 Å². The molecule has 0 unspecified atom stereocenters. The molecule has 0 atom stereocenters. The molecule has 0 aromatic heterocycles. The normalized spacial score (nSPS) is 15.2. The molecule has 0 aliphatic rings. The highest BCUT2D eigenvalue weighted by molar-refractivity contribution is 4.83. The maximum Gasteiger partial charge on any atom is 0.157 e. The Balaban J connectivity index is 5.02. The minimum Gasteiger partial charge on any atom is -0.410 e. The molecule has 0 radical (unpaired) electrons. The van der Waals surface area contributed by atoms with Gasteiger partial charge in [0, 0.05) is 62.3 Å². The van der Waals surface area contributed by atoms with Crippen LogP contribution in [0.15, 0.2) is 0 Å². The molecule has 0 spiro atoms. The summed E-state index contributed by atoms with van der Waals surface area (Å²) in [6.45, 7) is 20.2. The fourth-order valence-electron chi connectivity index (χ4n) is 2.76. The van der Waals surface area contributed by atoms with E-state index >= 15 is 0 Å². The van der Waals surface area contributed by atoms with Crippen LogP contribution in [0.4, 0.5) is 0 Å². The van der Waals surface area contributed by atoms with E-state index in [9.17, 15) is 0 Å². The smallest absolute Gasteiger partial charge is 0.157 e. The molecular formula is C12H27O+. The fourth-order valence-corrected chi connectivity index (χ4v) is 2.76. The van der Waals surface area contributed by atoms with Gasteiger partial charge in [-0.15, -0.1) is 0 Å². The summed E-state index contributed by atoms with van der Waals surface area (Å²) in [5, 5.41) is 0. The van der Waals surface area contributed by atoms with Crippen molar-refractivity contribution in [2.24, 2.45) is 0 Å². The minimum absolute atomic E-state index is 0.135. The van der Waals surface area contributed by atoms with Crippen LogP contribution in [0.1, 0.15) is 62.3 Å². The second-order valence-corrected chi connectivity index (χ2v) is 6.64. The van der Waals surface area contributed by atoms with Crippen molar-refractivity contribution >= 4 is 0 Å². The topological polar surface area (TPSA) is 2.70 Å². The van der Waals surface area contributed by atoms with Crippen molar-refractivity contribution < 1.29 is 4.37 Å². The van der Waals surface area contributed by atoms with Crippen LogP contribution in [-0.2, 0) is 4.37 Å². The molecule has 0 amide bonds. The van der Waals surface area contributed by atoms with Gasteiger partial charge in [-0.1, -0.05) is 0 Å². The quantitative estimate of drug-likeness (QED) is 0.505. The van der Waals surface area contributed by atoms with Gasteiger partial charge in [0.05, 0.1) is 0 Å². The first-order valence-electron chi connectivity index (χ1n) is 5.11. The lowest BCUT2D eigenvalue weighted by atomic mass is 10.0. The molecule has 0 heterocycles. The Morgan fingerprint density at radius 2 is 0.615 bits per heavy atom. The van der Waals surface area contributed by atoms with Crippen molar-refractivity contribution in [2.75, 3.05) is 0 Å². The van der Waals surface area contributed by atoms with Gasteiger partial charge in [-0.3, -0.25) is 0 Å². The van der Waals surface area contributed by atoms with E-state index in [1.165, 1.54) is 0 Å². The molecule has 0 aliphatic carbocycles. The summed E-state index contributed by atoms with van der Waals surface area (Å²) < 4.78 is 3.48. The Bertz CT molecular complexity index is 128. The SMILES string of the molecule is CC(C)(C)[O+](C(C)(C)C)C(C)(C)C. The van der Waals surface area contributed by atoms with E-state index in [1.807, 2.05) is 0 Å². The number of hydrogen-bond donors (Lipinski definition) is 0. The maximum atomic E-state index is 3.48. The van der Waals surface area contributed by atoms with Gasteiger partial charge in [-0.25, -0.2) is 0 Å². The summed E-state index contributed by atoms with van der Waals surface area (Å²) in [5.74, 6) is 0. The third-order valence-electron chi connectivity index (χ3n) is 1.84. The fraction of sp³-hybridized carbons (Fsp3) is 1.00. The second kappa shape index (κ2) is 3.27. The van der Waals surface area contributed by atoms with Crippen LogP contribution in [0.25, 0.3) is 0 Å². The Hall–Kier alpha value is -0.0400. The molecule has 0 saturated heterocycles. The largest absolute Gasteiger partial charge is 0.410 e. The van der Waals surface area contributed by atoms with Crippen molar-refractivity contribution in [2.45, 2.75) is 79.1 Å². The summed E-state index contributed by atoms with van der Waals surface area (Å²) in [5.41, 5.74) is 0.406. The zero-order valence-electron chi connectivity index (χ0n) is 10.9. The van der Waals surface area contributed by atoms with Crippen LogP contribution in [0.5, 0.6) is 0 Å². The van der Waals surface area contributed by atoms with Gasteiger partial charge >= 0.3 is 0 Å². The Morgan fingerprint density at radius 3 is 0.615 bits per heavy atom. The van der Waals surface area contributed by atoms with E-state index in [4.69, 9.17) is 0 Å². The summed E-state index contributed by atoms with van der Waals surface area (Å²) in [4.78, 5) is 0. The lowest BCUT2D eigenvalue weighted by Gasteiger charge is -2.49. The first kappa shape index (κ1) is 13.0. The molecule has 1 nitrogen and oxygen atoms in total. The second-order valence-electron chi connectivity index (χ2n) is 6.64. The first-order chi connectivity index (χ1) is 5.37.